The Morgan fingerprint density at radius 2 is 1.92 bits per heavy atom. The second kappa shape index (κ2) is 7.25. The van der Waals surface area contributed by atoms with E-state index in [9.17, 15) is 4.79 Å². The summed E-state index contributed by atoms with van der Waals surface area (Å²) in [7, 11) is 0. The molecule has 132 valence electrons. The van der Waals surface area contributed by atoms with Gasteiger partial charge < -0.3 is 9.80 Å². The SMILES string of the molecule is O=C(C1CCCCC1)N1CCN(c2cc(-c3cccnc3)[nH]n2)CC1. The molecule has 4 rings (SSSR count). The van der Waals surface area contributed by atoms with Crippen molar-refractivity contribution in [2.75, 3.05) is 31.1 Å². The molecule has 1 saturated heterocycles. The van der Waals surface area contributed by atoms with Crippen LogP contribution < -0.4 is 4.90 Å². The number of H-pyrrole nitrogens is 1. The highest BCUT2D eigenvalue weighted by atomic mass is 16.2. The Hall–Kier alpha value is -2.37. The molecule has 0 aromatic carbocycles. The average molecular weight is 339 g/mol. The lowest BCUT2D eigenvalue weighted by atomic mass is 9.88. The van der Waals surface area contributed by atoms with E-state index in [-0.39, 0.29) is 5.92 Å². The lowest BCUT2D eigenvalue weighted by molar-refractivity contribution is -0.136. The molecule has 0 atom stereocenters. The van der Waals surface area contributed by atoms with Crippen LogP contribution in [-0.2, 0) is 4.79 Å². The minimum Gasteiger partial charge on any atom is -0.352 e. The van der Waals surface area contributed by atoms with Crippen molar-refractivity contribution in [2.24, 2.45) is 5.92 Å². The van der Waals surface area contributed by atoms with Crippen molar-refractivity contribution in [1.29, 1.82) is 0 Å². The van der Waals surface area contributed by atoms with Crippen LogP contribution in [0.25, 0.3) is 11.3 Å². The fourth-order valence-corrected chi connectivity index (χ4v) is 3.91. The molecule has 6 nitrogen and oxygen atoms in total. The fourth-order valence-electron chi connectivity index (χ4n) is 3.91. The normalized spacial score (nSPS) is 19.2. The number of nitrogens with one attached hydrogen (secondary N) is 1. The molecule has 3 heterocycles. The number of carbonyl (C=O) groups excluding carboxylic acids is 1. The zero-order chi connectivity index (χ0) is 17.1. The maximum Gasteiger partial charge on any atom is 0.225 e. The quantitative estimate of drug-likeness (QED) is 0.934. The first kappa shape index (κ1) is 16.1. The van der Waals surface area contributed by atoms with Gasteiger partial charge in [-0.15, -0.1) is 0 Å². The van der Waals surface area contributed by atoms with E-state index in [1.54, 1.807) is 6.20 Å². The van der Waals surface area contributed by atoms with Crippen molar-refractivity contribution in [3.05, 3.63) is 30.6 Å². The van der Waals surface area contributed by atoms with Gasteiger partial charge in [0.15, 0.2) is 5.82 Å². The zero-order valence-corrected chi connectivity index (χ0v) is 14.5. The van der Waals surface area contributed by atoms with Crippen LogP contribution in [0.4, 0.5) is 5.82 Å². The number of aromatic amines is 1. The number of carbonyl (C=O) groups is 1. The van der Waals surface area contributed by atoms with Crippen LogP contribution in [0, 0.1) is 5.92 Å². The number of pyridine rings is 1. The van der Waals surface area contributed by atoms with Gasteiger partial charge in [0.25, 0.3) is 0 Å². The summed E-state index contributed by atoms with van der Waals surface area (Å²) in [5, 5.41) is 7.54. The Morgan fingerprint density at radius 3 is 2.64 bits per heavy atom. The monoisotopic (exact) mass is 339 g/mol. The molecule has 1 aliphatic heterocycles. The number of piperazine rings is 1. The number of hydrogen-bond donors (Lipinski definition) is 1. The molecule has 1 aliphatic carbocycles. The Morgan fingerprint density at radius 1 is 1.12 bits per heavy atom. The van der Waals surface area contributed by atoms with E-state index in [0.717, 1.165) is 56.1 Å². The largest absolute Gasteiger partial charge is 0.352 e. The molecule has 6 heteroatoms. The van der Waals surface area contributed by atoms with Gasteiger partial charge in [-0.05, 0) is 25.0 Å². The van der Waals surface area contributed by atoms with E-state index in [1.165, 1.54) is 19.3 Å². The molecule has 2 fully saturated rings. The van der Waals surface area contributed by atoms with E-state index >= 15 is 0 Å². The van der Waals surface area contributed by atoms with Crippen LogP contribution >= 0.6 is 0 Å². The molecule has 0 bridgehead atoms. The van der Waals surface area contributed by atoms with Gasteiger partial charge >= 0.3 is 0 Å². The van der Waals surface area contributed by atoms with Gasteiger partial charge in [0, 0.05) is 56.1 Å². The number of hydrogen-bond acceptors (Lipinski definition) is 4. The Bertz CT molecular complexity index is 700. The molecule has 2 aliphatic rings. The number of rotatable bonds is 3. The van der Waals surface area contributed by atoms with Gasteiger partial charge in [-0.1, -0.05) is 19.3 Å². The highest BCUT2D eigenvalue weighted by Crippen LogP contribution is 2.27. The number of anilines is 1. The second-order valence-electron chi connectivity index (χ2n) is 7.03. The van der Waals surface area contributed by atoms with Crippen molar-refractivity contribution >= 4 is 11.7 Å². The third-order valence-electron chi connectivity index (χ3n) is 5.41. The first-order valence-electron chi connectivity index (χ1n) is 9.31. The minimum atomic E-state index is 0.267. The number of aromatic nitrogens is 3. The molecule has 0 radical (unpaired) electrons. The Labute approximate surface area is 148 Å². The molecule has 0 spiro atoms. The van der Waals surface area contributed by atoms with Crippen molar-refractivity contribution in [1.82, 2.24) is 20.1 Å². The lowest BCUT2D eigenvalue weighted by Crippen LogP contribution is -2.50. The molecule has 2 aromatic heterocycles. The van der Waals surface area contributed by atoms with Crippen LogP contribution in [0.2, 0.25) is 0 Å². The summed E-state index contributed by atoms with van der Waals surface area (Å²) >= 11 is 0. The van der Waals surface area contributed by atoms with Crippen molar-refractivity contribution in [2.45, 2.75) is 32.1 Å². The zero-order valence-electron chi connectivity index (χ0n) is 14.5. The van der Waals surface area contributed by atoms with E-state index in [2.05, 4.69) is 31.0 Å². The van der Waals surface area contributed by atoms with E-state index in [4.69, 9.17) is 0 Å². The molecular weight excluding hydrogens is 314 g/mol. The predicted octanol–water partition coefficient (Wildman–Crippen LogP) is 2.70. The van der Waals surface area contributed by atoms with Gasteiger partial charge in [0.05, 0.1) is 5.69 Å². The average Bonchev–Trinajstić information content (AvgIpc) is 3.19. The topological polar surface area (TPSA) is 65.1 Å². The van der Waals surface area contributed by atoms with Gasteiger partial charge in [-0.2, -0.15) is 5.10 Å². The molecule has 25 heavy (non-hydrogen) atoms. The molecule has 2 aromatic rings. The maximum absolute atomic E-state index is 12.7. The third kappa shape index (κ3) is 3.52. The molecule has 1 N–H and O–H groups in total. The van der Waals surface area contributed by atoms with Gasteiger partial charge in [0.1, 0.15) is 0 Å². The van der Waals surface area contributed by atoms with Crippen LogP contribution in [0.3, 0.4) is 0 Å². The molecule has 0 unspecified atom stereocenters. The van der Waals surface area contributed by atoms with E-state index in [0.29, 0.717) is 5.91 Å². The van der Waals surface area contributed by atoms with Crippen molar-refractivity contribution in [3.8, 4) is 11.3 Å². The van der Waals surface area contributed by atoms with Crippen LogP contribution in [0.5, 0.6) is 0 Å². The minimum absolute atomic E-state index is 0.267. The number of nitrogens with zero attached hydrogens (tertiary/aromatic N) is 4. The molecule has 1 amide bonds. The van der Waals surface area contributed by atoms with Crippen LogP contribution in [0.1, 0.15) is 32.1 Å². The summed E-state index contributed by atoms with van der Waals surface area (Å²) in [6.07, 6.45) is 9.46. The predicted molar refractivity (Wildman–Crippen MR) is 97.2 cm³/mol. The fraction of sp³-hybridized carbons (Fsp3) is 0.526. The summed E-state index contributed by atoms with van der Waals surface area (Å²) in [6.45, 7) is 3.28. The number of amides is 1. The summed E-state index contributed by atoms with van der Waals surface area (Å²) in [4.78, 5) is 21.1. The Balaban J connectivity index is 1.36. The Kier molecular flexibility index (Phi) is 4.68. The smallest absolute Gasteiger partial charge is 0.225 e. The van der Waals surface area contributed by atoms with Gasteiger partial charge in [-0.3, -0.25) is 14.9 Å². The highest BCUT2D eigenvalue weighted by Gasteiger charge is 2.28. The van der Waals surface area contributed by atoms with Gasteiger partial charge in [0.2, 0.25) is 5.91 Å². The van der Waals surface area contributed by atoms with Crippen molar-refractivity contribution in [3.63, 3.8) is 0 Å². The van der Waals surface area contributed by atoms with Gasteiger partial charge in [-0.25, -0.2) is 0 Å². The van der Waals surface area contributed by atoms with E-state index < -0.39 is 0 Å². The van der Waals surface area contributed by atoms with Crippen molar-refractivity contribution < 1.29 is 4.79 Å². The lowest BCUT2D eigenvalue weighted by Gasteiger charge is -2.37. The molecular formula is C19H25N5O. The maximum atomic E-state index is 12.7. The summed E-state index contributed by atoms with van der Waals surface area (Å²) in [6, 6.07) is 6.01. The summed E-state index contributed by atoms with van der Waals surface area (Å²) in [5.41, 5.74) is 2.01. The summed E-state index contributed by atoms with van der Waals surface area (Å²) in [5.74, 6) is 1.59. The second-order valence-corrected chi connectivity index (χ2v) is 7.03. The summed E-state index contributed by atoms with van der Waals surface area (Å²) < 4.78 is 0. The standard InChI is InChI=1S/C19H25N5O/c25-19(15-5-2-1-3-6-15)24-11-9-23(10-12-24)18-13-17(21-22-18)16-7-4-8-20-14-16/h4,7-8,13-15H,1-3,5-6,9-12H2,(H,21,22). The van der Waals surface area contributed by atoms with E-state index in [1.807, 2.05) is 18.3 Å². The molecule has 1 saturated carbocycles. The van der Waals surface area contributed by atoms with Crippen LogP contribution in [-0.4, -0.2) is 52.2 Å². The highest BCUT2D eigenvalue weighted by molar-refractivity contribution is 5.79. The first-order valence-corrected chi connectivity index (χ1v) is 9.31. The first-order chi connectivity index (χ1) is 12.3. The van der Waals surface area contributed by atoms with Crippen LogP contribution in [0.15, 0.2) is 30.6 Å². The third-order valence-corrected chi connectivity index (χ3v) is 5.41.